The average Bonchev–Trinajstić information content (AvgIpc) is 3.39. The molecule has 2 aromatic carbocycles. The fourth-order valence-electron chi connectivity index (χ4n) is 3.03. The van der Waals surface area contributed by atoms with E-state index in [0.29, 0.717) is 0 Å². The predicted molar refractivity (Wildman–Crippen MR) is 102 cm³/mol. The van der Waals surface area contributed by atoms with Gasteiger partial charge in [0.05, 0.1) is 16.9 Å². The lowest BCUT2D eigenvalue weighted by molar-refractivity contribution is 0.790. The first-order valence-corrected chi connectivity index (χ1v) is 8.36. The number of anilines is 2. The summed E-state index contributed by atoms with van der Waals surface area (Å²) >= 11 is 0. The van der Waals surface area contributed by atoms with E-state index in [0.717, 1.165) is 39.2 Å². The second kappa shape index (κ2) is 6.34. The average molecular weight is 354 g/mol. The van der Waals surface area contributed by atoms with Gasteiger partial charge in [-0.15, -0.1) is 5.10 Å². The lowest BCUT2D eigenvalue weighted by Crippen LogP contribution is -2.01. The molecule has 130 valence electrons. The van der Waals surface area contributed by atoms with Crippen molar-refractivity contribution in [2.24, 2.45) is 0 Å². The van der Waals surface area contributed by atoms with Crippen LogP contribution in [0.2, 0.25) is 0 Å². The molecule has 0 bridgehead atoms. The number of tetrazole rings is 1. The highest BCUT2D eigenvalue weighted by atomic mass is 15.5. The number of hydrogen-bond acceptors (Lipinski definition) is 6. The highest BCUT2D eigenvalue weighted by molar-refractivity contribution is 5.95. The number of nitrogens with zero attached hydrogens (tertiary/aromatic N) is 6. The molecule has 5 rings (SSSR count). The topological polar surface area (TPSA) is 97.2 Å². The maximum atomic E-state index is 4.46. The highest BCUT2D eigenvalue weighted by Gasteiger charge is 2.10. The number of nitrogens with one attached hydrogen (secondary N) is 2. The van der Waals surface area contributed by atoms with Gasteiger partial charge in [-0.3, -0.25) is 10.1 Å². The second-order valence-corrected chi connectivity index (χ2v) is 5.97. The summed E-state index contributed by atoms with van der Waals surface area (Å²) < 4.78 is 1.63. The maximum absolute atomic E-state index is 4.46. The van der Waals surface area contributed by atoms with Crippen LogP contribution >= 0.6 is 0 Å². The third kappa shape index (κ3) is 2.78. The van der Waals surface area contributed by atoms with Crippen LogP contribution in [0.1, 0.15) is 0 Å². The Balaban J connectivity index is 1.56. The van der Waals surface area contributed by atoms with Gasteiger partial charge in [-0.25, -0.2) is 0 Å². The van der Waals surface area contributed by atoms with Gasteiger partial charge in [0.2, 0.25) is 0 Å². The van der Waals surface area contributed by atoms with Crippen LogP contribution in [0.5, 0.6) is 0 Å². The monoisotopic (exact) mass is 354 g/mol. The van der Waals surface area contributed by atoms with Crippen molar-refractivity contribution >= 4 is 22.3 Å². The van der Waals surface area contributed by atoms with Gasteiger partial charge in [-0.1, -0.05) is 12.1 Å². The molecule has 0 amide bonds. The number of aromatic nitrogens is 7. The molecule has 0 aliphatic carbocycles. The summed E-state index contributed by atoms with van der Waals surface area (Å²) in [7, 11) is 0. The Bertz CT molecular complexity index is 1200. The minimum atomic E-state index is 0.865. The minimum Gasteiger partial charge on any atom is -0.354 e. The molecule has 0 saturated carbocycles. The summed E-state index contributed by atoms with van der Waals surface area (Å²) in [6, 6.07) is 17.8. The Hall–Kier alpha value is -4.07. The lowest BCUT2D eigenvalue weighted by Gasteiger charge is -2.11. The molecule has 0 unspecified atom stereocenters. The molecular weight excluding hydrogens is 340 g/mol. The van der Waals surface area contributed by atoms with Crippen molar-refractivity contribution < 1.29 is 0 Å². The second-order valence-electron chi connectivity index (χ2n) is 5.97. The van der Waals surface area contributed by atoms with Gasteiger partial charge in [0.25, 0.3) is 0 Å². The number of benzene rings is 2. The zero-order chi connectivity index (χ0) is 18.1. The normalized spacial score (nSPS) is 11.0. The first-order chi connectivity index (χ1) is 13.4. The van der Waals surface area contributed by atoms with E-state index in [2.05, 4.69) is 42.1 Å². The number of hydrogen-bond donors (Lipinski definition) is 2. The molecular formula is C19H14N8. The van der Waals surface area contributed by atoms with Crippen molar-refractivity contribution in [3.63, 3.8) is 0 Å². The summed E-state index contributed by atoms with van der Waals surface area (Å²) in [5, 5.41) is 23.4. The van der Waals surface area contributed by atoms with Crippen LogP contribution in [0.15, 0.2) is 73.3 Å². The van der Waals surface area contributed by atoms with Gasteiger partial charge >= 0.3 is 0 Å². The number of fused-ring (bicyclic) bond motifs is 1. The van der Waals surface area contributed by atoms with E-state index in [9.17, 15) is 0 Å². The SMILES string of the molecule is c1ccc(-n2cnnn2)c(Nc2ccc3[nH]nc(-c4ccncc4)c3c2)c1. The van der Waals surface area contributed by atoms with E-state index in [1.165, 1.54) is 0 Å². The highest BCUT2D eigenvalue weighted by Crippen LogP contribution is 2.30. The summed E-state index contributed by atoms with van der Waals surface area (Å²) in [6.07, 6.45) is 5.10. The van der Waals surface area contributed by atoms with Crippen molar-refractivity contribution in [1.82, 2.24) is 35.4 Å². The molecule has 3 heterocycles. The first-order valence-electron chi connectivity index (χ1n) is 8.36. The van der Waals surface area contributed by atoms with Crippen LogP contribution in [0.3, 0.4) is 0 Å². The van der Waals surface area contributed by atoms with Crippen molar-refractivity contribution in [2.75, 3.05) is 5.32 Å². The zero-order valence-electron chi connectivity index (χ0n) is 14.1. The molecule has 0 radical (unpaired) electrons. The molecule has 0 aliphatic rings. The van der Waals surface area contributed by atoms with Gasteiger partial charge in [-0.2, -0.15) is 9.78 Å². The molecule has 2 N–H and O–H groups in total. The van der Waals surface area contributed by atoms with Crippen molar-refractivity contribution in [3.8, 4) is 16.9 Å². The summed E-state index contributed by atoms with van der Waals surface area (Å²) in [6.45, 7) is 0. The van der Waals surface area contributed by atoms with Crippen LogP contribution in [0.4, 0.5) is 11.4 Å². The van der Waals surface area contributed by atoms with E-state index < -0.39 is 0 Å². The Morgan fingerprint density at radius 3 is 2.70 bits per heavy atom. The third-order valence-electron chi connectivity index (χ3n) is 4.30. The molecule has 8 heteroatoms. The number of pyridine rings is 1. The predicted octanol–water partition coefficient (Wildman–Crippen LogP) is 3.34. The van der Waals surface area contributed by atoms with Crippen molar-refractivity contribution in [1.29, 1.82) is 0 Å². The number of rotatable bonds is 4. The number of para-hydroxylation sites is 2. The van der Waals surface area contributed by atoms with Gasteiger partial charge in [0.15, 0.2) is 0 Å². The zero-order valence-corrected chi connectivity index (χ0v) is 14.1. The molecule has 8 nitrogen and oxygen atoms in total. The molecule has 5 aromatic rings. The van der Waals surface area contributed by atoms with E-state index in [1.54, 1.807) is 23.4 Å². The Morgan fingerprint density at radius 2 is 1.85 bits per heavy atom. The van der Waals surface area contributed by atoms with Gasteiger partial charge in [0, 0.05) is 29.0 Å². The Morgan fingerprint density at radius 1 is 0.963 bits per heavy atom. The molecule has 3 aromatic heterocycles. The first kappa shape index (κ1) is 15.2. The quantitative estimate of drug-likeness (QED) is 0.514. The summed E-state index contributed by atoms with van der Waals surface area (Å²) in [4.78, 5) is 4.07. The van der Waals surface area contributed by atoms with Crippen LogP contribution in [-0.2, 0) is 0 Å². The number of H-pyrrole nitrogens is 1. The summed E-state index contributed by atoms with van der Waals surface area (Å²) in [5.41, 5.74) is 5.59. The maximum Gasteiger partial charge on any atom is 0.143 e. The largest absolute Gasteiger partial charge is 0.354 e. The smallest absolute Gasteiger partial charge is 0.143 e. The van der Waals surface area contributed by atoms with Crippen molar-refractivity contribution in [3.05, 3.63) is 73.3 Å². The van der Waals surface area contributed by atoms with Crippen LogP contribution in [-0.4, -0.2) is 35.4 Å². The fraction of sp³-hybridized carbons (Fsp3) is 0. The van der Waals surface area contributed by atoms with Crippen LogP contribution in [0.25, 0.3) is 27.8 Å². The number of aromatic amines is 1. The Kier molecular flexibility index (Phi) is 3.57. The van der Waals surface area contributed by atoms with Gasteiger partial charge in [-0.05, 0) is 52.9 Å². The molecule has 27 heavy (non-hydrogen) atoms. The van der Waals surface area contributed by atoms with Crippen LogP contribution in [0, 0.1) is 0 Å². The van der Waals surface area contributed by atoms with Gasteiger partial charge in [0.1, 0.15) is 12.0 Å². The van der Waals surface area contributed by atoms with E-state index in [4.69, 9.17) is 0 Å². The van der Waals surface area contributed by atoms with E-state index in [-0.39, 0.29) is 0 Å². The van der Waals surface area contributed by atoms with Crippen LogP contribution < -0.4 is 5.32 Å². The molecule has 0 saturated heterocycles. The van der Waals surface area contributed by atoms with E-state index in [1.807, 2.05) is 48.5 Å². The molecule has 0 fully saturated rings. The standard InChI is InChI=1S/C19H14N8/c1-2-4-18(27-12-21-25-26-27)17(3-1)22-14-5-6-16-15(11-14)19(24-23-16)13-7-9-20-10-8-13/h1-12,22H,(H,23,24). The lowest BCUT2D eigenvalue weighted by atomic mass is 10.1. The Labute approximate surface area is 153 Å². The molecule has 0 aliphatic heterocycles. The fourth-order valence-corrected chi connectivity index (χ4v) is 3.03. The molecule has 0 atom stereocenters. The summed E-state index contributed by atoms with van der Waals surface area (Å²) in [5.74, 6) is 0. The van der Waals surface area contributed by atoms with Crippen molar-refractivity contribution in [2.45, 2.75) is 0 Å². The third-order valence-corrected chi connectivity index (χ3v) is 4.30. The molecule has 0 spiro atoms. The minimum absolute atomic E-state index is 0.865. The van der Waals surface area contributed by atoms with E-state index >= 15 is 0 Å². The van der Waals surface area contributed by atoms with Gasteiger partial charge < -0.3 is 5.32 Å².